The number of amides is 5. The van der Waals surface area contributed by atoms with Gasteiger partial charge in [-0.3, -0.25) is 25.0 Å². The second-order valence-corrected chi connectivity index (χ2v) is 9.54. The SMILES string of the molecule is CC(C)N(Cl)C(=O)c1noc2cc3c(nc12)CC1(C(=O)NC(=O)NC1=O)[C@H]1[C@H](C)O[C@H](C)CN31. The zero-order chi connectivity index (χ0) is 24.5. The first-order valence-corrected chi connectivity index (χ1v) is 11.3. The third-order valence-corrected chi connectivity index (χ3v) is 7.10. The van der Waals surface area contributed by atoms with Gasteiger partial charge in [0.25, 0.3) is 5.91 Å². The Bertz CT molecular complexity index is 1220. The lowest BCUT2D eigenvalue weighted by Gasteiger charge is -2.54. The van der Waals surface area contributed by atoms with Crippen LogP contribution in [0.4, 0.5) is 10.5 Å². The largest absolute Gasteiger partial charge is 0.372 e. The molecule has 2 aromatic heterocycles. The predicted octanol–water partition coefficient (Wildman–Crippen LogP) is 1.12. The van der Waals surface area contributed by atoms with E-state index in [4.69, 9.17) is 21.0 Å². The molecule has 0 aromatic carbocycles. The van der Waals surface area contributed by atoms with Crippen LogP contribution in [0.15, 0.2) is 10.6 Å². The van der Waals surface area contributed by atoms with Gasteiger partial charge in [-0.2, -0.15) is 0 Å². The number of anilines is 1. The molecule has 3 atom stereocenters. The van der Waals surface area contributed by atoms with E-state index in [2.05, 4.69) is 20.8 Å². The molecule has 2 N–H and O–H groups in total. The molecule has 5 amide bonds. The molecule has 5 rings (SSSR count). The number of urea groups is 1. The summed E-state index contributed by atoms with van der Waals surface area (Å²) in [5, 5.41) is 8.34. The summed E-state index contributed by atoms with van der Waals surface area (Å²) in [6.45, 7) is 7.53. The van der Waals surface area contributed by atoms with E-state index in [1.165, 1.54) is 0 Å². The summed E-state index contributed by atoms with van der Waals surface area (Å²) in [5.41, 5.74) is -0.263. The van der Waals surface area contributed by atoms with Crippen LogP contribution in [-0.4, -0.2) is 69.1 Å². The first kappa shape index (κ1) is 22.5. The lowest BCUT2D eigenvalue weighted by atomic mass is 9.67. The summed E-state index contributed by atoms with van der Waals surface area (Å²) in [6, 6.07) is -0.177. The summed E-state index contributed by atoms with van der Waals surface area (Å²) in [7, 11) is 0. The number of barbiturate groups is 1. The Morgan fingerprint density at radius 3 is 2.59 bits per heavy atom. The third kappa shape index (κ3) is 3.08. The number of hydrogen-bond acceptors (Lipinski definition) is 9. The number of carbonyl (C=O) groups is 4. The molecule has 0 aliphatic carbocycles. The quantitative estimate of drug-likeness (QED) is 0.466. The second kappa shape index (κ2) is 7.64. The van der Waals surface area contributed by atoms with Crippen LogP contribution in [0.1, 0.15) is 43.9 Å². The molecule has 0 unspecified atom stereocenters. The van der Waals surface area contributed by atoms with Crippen LogP contribution < -0.4 is 15.5 Å². The third-order valence-electron chi connectivity index (χ3n) is 6.56. The van der Waals surface area contributed by atoms with Crippen LogP contribution in [0.3, 0.4) is 0 Å². The van der Waals surface area contributed by atoms with E-state index in [0.717, 1.165) is 4.42 Å². The van der Waals surface area contributed by atoms with Crippen molar-refractivity contribution in [3.63, 3.8) is 0 Å². The zero-order valence-corrected chi connectivity index (χ0v) is 19.7. The van der Waals surface area contributed by atoms with E-state index >= 15 is 0 Å². The highest BCUT2D eigenvalue weighted by Gasteiger charge is 2.63. The summed E-state index contributed by atoms with van der Waals surface area (Å²) in [5.74, 6) is -2.03. The van der Waals surface area contributed by atoms with Gasteiger partial charge in [0.15, 0.2) is 16.7 Å². The fraction of sp³-hybridized carbons (Fsp3) is 0.524. The standard InChI is InChI=1S/C21H23ClN6O6/c1-8(2)28(22)17(29)15-14-13(34-26-15)5-12-11(23-14)6-21(18(30)24-20(32)25-19(21)31)16-10(4)33-9(3)7-27(12)16/h5,8-10,16H,6-7H2,1-4H3,(H2,24,25,30,31,32)/t9-,10+,16-/m1/s1. The summed E-state index contributed by atoms with van der Waals surface area (Å²) in [6.07, 6.45) is -0.830. The van der Waals surface area contributed by atoms with Crippen molar-refractivity contribution in [1.82, 2.24) is 25.2 Å². The number of pyridine rings is 1. The fourth-order valence-electron chi connectivity index (χ4n) is 5.16. The molecule has 1 spiro atoms. The number of carbonyl (C=O) groups excluding carboxylic acids is 4. The first-order chi connectivity index (χ1) is 16.0. The Hall–Kier alpha value is -3.25. The zero-order valence-electron chi connectivity index (χ0n) is 18.9. The molecule has 3 aliphatic rings. The van der Waals surface area contributed by atoms with Crippen molar-refractivity contribution in [3.8, 4) is 0 Å². The topological polar surface area (TPSA) is 147 Å². The molecule has 5 heterocycles. The van der Waals surface area contributed by atoms with Crippen LogP contribution in [0.5, 0.6) is 0 Å². The van der Waals surface area contributed by atoms with Crippen molar-refractivity contribution in [2.75, 3.05) is 11.4 Å². The average molecular weight is 491 g/mol. The average Bonchev–Trinajstić information content (AvgIpc) is 3.17. The summed E-state index contributed by atoms with van der Waals surface area (Å²) < 4.78 is 12.4. The number of morpholine rings is 1. The number of nitrogens with zero attached hydrogens (tertiary/aromatic N) is 4. The van der Waals surface area contributed by atoms with Crippen molar-refractivity contribution in [1.29, 1.82) is 0 Å². The van der Waals surface area contributed by atoms with Crippen LogP contribution in [0.2, 0.25) is 0 Å². The molecule has 180 valence electrons. The van der Waals surface area contributed by atoms with Gasteiger partial charge in [0, 0.05) is 36.9 Å². The number of rotatable bonds is 2. The predicted molar refractivity (Wildman–Crippen MR) is 118 cm³/mol. The number of ether oxygens (including phenoxy) is 1. The molecular formula is C21H23ClN6O6. The van der Waals surface area contributed by atoms with E-state index in [0.29, 0.717) is 17.9 Å². The number of nitrogens with one attached hydrogen (secondary N) is 2. The van der Waals surface area contributed by atoms with Gasteiger partial charge in [0.2, 0.25) is 11.8 Å². The van der Waals surface area contributed by atoms with Crippen LogP contribution in [0.25, 0.3) is 11.1 Å². The van der Waals surface area contributed by atoms with Gasteiger partial charge >= 0.3 is 6.03 Å². The van der Waals surface area contributed by atoms with Crippen molar-refractivity contribution in [3.05, 3.63) is 17.5 Å². The summed E-state index contributed by atoms with van der Waals surface area (Å²) >= 11 is 6.11. The van der Waals surface area contributed by atoms with Gasteiger partial charge in [-0.1, -0.05) is 5.16 Å². The van der Waals surface area contributed by atoms with E-state index < -0.39 is 41.3 Å². The highest BCUT2D eigenvalue weighted by Crippen LogP contribution is 2.47. The molecule has 2 saturated heterocycles. The van der Waals surface area contributed by atoms with E-state index in [1.54, 1.807) is 26.8 Å². The lowest BCUT2D eigenvalue weighted by Crippen LogP contribution is -2.75. The molecular weight excluding hydrogens is 468 g/mol. The minimum atomic E-state index is -1.67. The Balaban J connectivity index is 1.69. The maximum absolute atomic E-state index is 13.2. The highest BCUT2D eigenvalue weighted by atomic mass is 35.5. The van der Waals surface area contributed by atoms with Crippen LogP contribution >= 0.6 is 11.8 Å². The molecule has 3 aliphatic heterocycles. The fourth-order valence-corrected chi connectivity index (χ4v) is 5.24. The van der Waals surface area contributed by atoms with Crippen molar-refractivity contribution in [2.45, 2.75) is 58.4 Å². The molecule has 34 heavy (non-hydrogen) atoms. The number of aromatic nitrogens is 2. The van der Waals surface area contributed by atoms with Crippen molar-refractivity contribution in [2.24, 2.45) is 5.41 Å². The monoisotopic (exact) mass is 490 g/mol. The van der Waals surface area contributed by atoms with Crippen LogP contribution in [0, 0.1) is 5.41 Å². The van der Waals surface area contributed by atoms with Gasteiger partial charge in [-0.05, 0) is 27.7 Å². The van der Waals surface area contributed by atoms with Crippen molar-refractivity contribution >= 4 is 52.3 Å². The highest BCUT2D eigenvalue weighted by molar-refractivity contribution is 6.25. The second-order valence-electron chi connectivity index (χ2n) is 9.18. The number of halogens is 1. The van der Waals surface area contributed by atoms with E-state index in [9.17, 15) is 19.2 Å². The Kier molecular flexibility index (Phi) is 5.06. The van der Waals surface area contributed by atoms with Crippen LogP contribution in [-0.2, 0) is 20.7 Å². The maximum atomic E-state index is 13.2. The lowest BCUT2D eigenvalue weighted by molar-refractivity contribution is -0.153. The minimum Gasteiger partial charge on any atom is -0.372 e. The molecule has 0 saturated carbocycles. The molecule has 0 radical (unpaired) electrons. The Morgan fingerprint density at radius 2 is 1.94 bits per heavy atom. The van der Waals surface area contributed by atoms with Crippen molar-refractivity contribution < 1.29 is 28.4 Å². The van der Waals surface area contributed by atoms with Gasteiger partial charge in [-0.15, -0.1) is 0 Å². The number of imide groups is 2. The van der Waals surface area contributed by atoms with Gasteiger partial charge in [0.05, 0.1) is 29.6 Å². The minimum absolute atomic E-state index is 0.0749. The van der Waals surface area contributed by atoms with Gasteiger partial charge < -0.3 is 14.2 Å². The Labute approximate surface area is 199 Å². The summed E-state index contributed by atoms with van der Waals surface area (Å²) in [4.78, 5) is 57.6. The molecule has 0 bridgehead atoms. The molecule has 2 fully saturated rings. The molecule has 13 heteroatoms. The Morgan fingerprint density at radius 1 is 1.26 bits per heavy atom. The van der Waals surface area contributed by atoms with Gasteiger partial charge in [-0.25, -0.2) is 14.2 Å². The number of fused-ring (bicyclic) bond motifs is 5. The van der Waals surface area contributed by atoms with E-state index in [-0.39, 0.29) is 35.4 Å². The smallest absolute Gasteiger partial charge is 0.328 e. The molecule has 12 nitrogen and oxygen atoms in total. The van der Waals surface area contributed by atoms with Gasteiger partial charge in [0.1, 0.15) is 5.52 Å². The number of hydrogen-bond donors (Lipinski definition) is 2. The normalized spacial score (nSPS) is 25.8. The molecule has 2 aromatic rings. The van der Waals surface area contributed by atoms with E-state index in [1.807, 2.05) is 11.8 Å². The first-order valence-electron chi connectivity index (χ1n) is 10.9. The maximum Gasteiger partial charge on any atom is 0.328 e.